The Bertz CT molecular complexity index is 870. The quantitative estimate of drug-likeness (QED) is 0.604. The molecule has 1 aliphatic carbocycles. The summed E-state index contributed by atoms with van der Waals surface area (Å²) in [5.41, 5.74) is 0.292. The van der Waals surface area contributed by atoms with Gasteiger partial charge in [-0.3, -0.25) is 4.79 Å². The highest BCUT2D eigenvalue weighted by Crippen LogP contribution is 2.33. The normalized spacial score (nSPS) is 19.6. The number of benzene rings is 1. The first-order chi connectivity index (χ1) is 14.6. The predicted octanol–water partition coefficient (Wildman–Crippen LogP) is 4.14. The van der Waals surface area contributed by atoms with Crippen molar-refractivity contribution in [3.8, 4) is 11.3 Å². The van der Waals surface area contributed by atoms with Gasteiger partial charge < -0.3 is 20.3 Å². The van der Waals surface area contributed by atoms with Gasteiger partial charge in [0.05, 0.1) is 11.7 Å². The van der Waals surface area contributed by atoms with Crippen LogP contribution in [0.5, 0.6) is 0 Å². The van der Waals surface area contributed by atoms with Crippen LogP contribution in [0.15, 0.2) is 28.8 Å². The van der Waals surface area contributed by atoms with Gasteiger partial charge in [0.25, 0.3) is 5.91 Å². The first kappa shape index (κ1) is 23.3. The Balaban J connectivity index is 1.83. The Morgan fingerprint density at radius 2 is 1.84 bits per heavy atom. The summed E-state index contributed by atoms with van der Waals surface area (Å²) in [6.07, 6.45) is -2.15. The van der Waals surface area contributed by atoms with Crippen LogP contribution in [0.2, 0.25) is 0 Å². The number of alkyl halides is 3. The minimum Gasteiger partial charge on any atom is -0.393 e. The second-order valence-electron chi connectivity index (χ2n) is 8.42. The molecule has 1 fully saturated rings. The summed E-state index contributed by atoms with van der Waals surface area (Å²) in [7, 11) is 0. The predicted molar refractivity (Wildman–Crippen MR) is 109 cm³/mol. The lowest BCUT2D eigenvalue weighted by atomic mass is 9.93. The minimum absolute atomic E-state index is 0.0569. The lowest BCUT2D eigenvalue weighted by molar-refractivity contribution is -0.137. The van der Waals surface area contributed by atoms with Gasteiger partial charge >= 0.3 is 6.18 Å². The molecular weight excluding hydrogens is 411 g/mol. The average Bonchev–Trinajstić information content (AvgIpc) is 3.13. The van der Waals surface area contributed by atoms with Crippen molar-refractivity contribution >= 4 is 5.91 Å². The molecule has 0 radical (unpaired) electrons. The zero-order valence-electron chi connectivity index (χ0n) is 17.6. The molecule has 1 aliphatic rings. The van der Waals surface area contributed by atoms with E-state index in [1.807, 2.05) is 13.8 Å². The molecule has 0 saturated heterocycles. The minimum atomic E-state index is -4.43. The number of aliphatic hydroxyl groups excluding tert-OH is 1. The van der Waals surface area contributed by atoms with Crippen LogP contribution in [0.1, 0.15) is 61.1 Å². The summed E-state index contributed by atoms with van der Waals surface area (Å²) < 4.78 is 44.1. The Hall–Kier alpha value is -2.39. The van der Waals surface area contributed by atoms with E-state index in [-0.39, 0.29) is 29.5 Å². The maximum absolute atomic E-state index is 12.9. The number of carbonyl (C=O) groups excluding carboxylic acids is 1. The van der Waals surface area contributed by atoms with E-state index in [9.17, 15) is 23.1 Å². The van der Waals surface area contributed by atoms with Gasteiger partial charge in [-0.25, -0.2) is 0 Å². The van der Waals surface area contributed by atoms with Gasteiger partial charge in [-0.05, 0) is 50.3 Å². The van der Waals surface area contributed by atoms with Gasteiger partial charge in [0.15, 0.2) is 11.5 Å². The molecule has 1 saturated carbocycles. The number of nitrogens with one attached hydrogen (secondary N) is 2. The lowest BCUT2D eigenvalue weighted by Crippen LogP contribution is -2.39. The van der Waals surface area contributed by atoms with Gasteiger partial charge in [-0.15, -0.1) is 0 Å². The smallest absolute Gasteiger partial charge is 0.393 e. The van der Waals surface area contributed by atoms with E-state index in [2.05, 4.69) is 15.8 Å². The molecule has 1 amide bonds. The number of amides is 1. The number of aliphatic hydroxyl groups is 1. The third-order valence-corrected chi connectivity index (χ3v) is 5.36. The maximum atomic E-state index is 12.9. The number of hydrogen-bond acceptors (Lipinski definition) is 5. The molecular formula is C22H28F3N3O3. The summed E-state index contributed by atoms with van der Waals surface area (Å²) >= 11 is 0. The van der Waals surface area contributed by atoms with E-state index in [0.29, 0.717) is 55.8 Å². The highest BCUT2D eigenvalue weighted by Gasteiger charge is 2.31. The SMILES string of the molecule is CC(C)CNCc1c(C(=O)N[C@H]2CC[C@@H](O)CC2)noc1-c1ccc(C(F)(F)F)cc1. The van der Waals surface area contributed by atoms with Crippen LogP contribution in [0, 0.1) is 5.92 Å². The Morgan fingerprint density at radius 3 is 2.42 bits per heavy atom. The van der Waals surface area contributed by atoms with Gasteiger partial charge in [0.1, 0.15) is 0 Å². The summed E-state index contributed by atoms with van der Waals surface area (Å²) in [5.74, 6) is 0.263. The second-order valence-corrected chi connectivity index (χ2v) is 8.42. The molecule has 1 aromatic heterocycles. The van der Waals surface area contributed by atoms with E-state index in [0.717, 1.165) is 12.1 Å². The van der Waals surface area contributed by atoms with E-state index in [1.165, 1.54) is 12.1 Å². The molecule has 1 aromatic carbocycles. The van der Waals surface area contributed by atoms with E-state index >= 15 is 0 Å². The second kappa shape index (κ2) is 9.82. The number of hydrogen-bond donors (Lipinski definition) is 3. The van der Waals surface area contributed by atoms with E-state index in [4.69, 9.17) is 4.52 Å². The molecule has 1 heterocycles. The van der Waals surface area contributed by atoms with Gasteiger partial charge in [-0.2, -0.15) is 13.2 Å². The fourth-order valence-corrected chi connectivity index (χ4v) is 3.65. The molecule has 170 valence electrons. The standard InChI is InChI=1S/C22H28F3N3O3/c1-13(2)11-26-12-18-19(21(30)27-16-7-9-17(29)10-8-16)28-31-20(18)14-3-5-15(6-4-14)22(23,24)25/h3-6,13,16-17,26,29H,7-12H2,1-2H3,(H,27,30)/t16-,17+. The van der Waals surface area contributed by atoms with Crippen LogP contribution in [0.4, 0.5) is 13.2 Å². The van der Waals surface area contributed by atoms with Crippen molar-refractivity contribution in [2.24, 2.45) is 5.92 Å². The third-order valence-electron chi connectivity index (χ3n) is 5.36. The maximum Gasteiger partial charge on any atom is 0.416 e. The monoisotopic (exact) mass is 439 g/mol. The van der Waals surface area contributed by atoms with Gasteiger partial charge in [0, 0.05) is 23.7 Å². The zero-order chi connectivity index (χ0) is 22.6. The van der Waals surface area contributed by atoms with Crippen molar-refractivity contribution in [2.75, 3.05) is 6.54 Å². The molecule has 6 nitrogen and oxygen atoms in total. The van der Waals surface area contributed by atoms with E-state index < -0.39 is 11.7 Å². The van der Waals surface area contributed by atoms with Crippen LogP contribution in [-0.4, -0.2) is 34.9 Å². The van der Waals surface area contributed by atoms with Gasteiger partial charge in [-0.1, -0.05) is 31.1 Å². The van der Waals surface area contributed by atoms with Crippen LogP contribution < -0.4 is 10.6 Å². The summed E-state index contributed by atoms with van der Waals surface area (Å²) in [4.78, 5) is 12.9. The molecule has 0 atom stereocenters. The molecule has 3 rings (SSSR count). The number of rotatable bonds is 7. The highest BCUT2D eigenvalue weighted by molar-refractivity contribution is 5.95. The van der Waals surface area contributed by atoms with Crippen molar-refractivity contribution in [1.29, 1.82) is 0 Å². The molecule has 3 N–H and O–H groups in total. The summed E-state index contributed by atoms with van der Waals surface area (Å²) in [6.45, 7) is 5.08. The Labute approximate surface area is 179 Å². The van der Waals surface area contributed by atoms with Crippen molar-refractivity contribution < 1.29 is 27.6 Å². The number of halogens is 3. The average molecular weight is 439 g/mol. The highest BCUT2D eigenvalue weighted by atomic mass is 19.4. The largest absolute Gasteiger partial charge is 0.416 e. The van der Waals surface area contributed by atoms with Crippen molar-refractivity contribution in [2.45, 2.75) is 64.4 Å². The lowest BCUT2D eigenvalue weighted by Gasteiger charge is -2.25. The van der Waals surface area contributed by atoms with Crippen molar-refractivity contribution in [3.05, 3.63) is 41.1 Å². The number of carbonyl (C=O) groups is 1. The Kier molecular flexibility index (Phi) is 7.38. The first-order valence-electron chi connectivity index (χ1n) is 10.5. The third kappa shape index (κ3) is 6.07. The summed E-state index contributed by atoms with van der Waals surface area (Å²) in [5, 5.41) is 19.8. The Morgan fingerprint density at radius 1 is 1.19 bits per heavy atom. The van der Waals surface area contributed by atoms with Gasteiger partial charge in [0.2, 0.25) is 0 Å². The fourth-order valence-electron chi connectivity index (χ4n) is 3.65. The number of aromatic nitrogens is 1. The number of nitrogens with zero attached hydrogens (tertiary/aromatic N) is 1. The molecule has 0 bridgehead atoms. The molecule has 0 spiro atoms. The molecule has 2 aromatic rings. The van der Waals surface area contributed by atoms with Crippen LogP contribution in [-0.2, 0) is 12.7 Å². The zero-order valence-corrected chi connectivity index (χ0v) is 17.6. The molecule has 0 aliphatic heterocycles. The van der Waals surface area contributed by atoms with Crippen LogP contribution in [0.25, 0.3) is 11.3 Å². The molecule has 0 unspecified atom stereocenters. The van der Waals surface area contributed by atoms with Crippen molar-refractivity contribution in [3.63, 3.8) is 0 Å². The van der Waals surface area contributed by atoms with E-state index in [1.54, 1.807) is 0 Å². The summed E-state index contributed by atoms with van der Waals surface area (Å²) in [6, 6.07) is 4.55. The topological polar surface area (TPSA) is 87.4 Å². The fraction of sp³-hybridized carbons (Fsp3) is 0.545. The first-order valence-corrected chi connectivity index (χ1v) is 10.5. The molecule has 31 heavy (non-hydrogen) atoms. The van der Waals surface area contributed by atoms with Crippen molar-refractivity contribution in [1.82, 2.24) is 15.8 Å². The molecule has 9 heteroatoms. The van der Waals surface area contributed by atoms with Crippen LogP contribution in [0.3, 0.4) is 0 Å². The van der Waals surface area contributed by atoms with Crippen LogP contribution >= 0.6 is 0 Å².